The van der Waals surface area contributed by atoms with Gasteiger partial charge >= 0.3 is 0 Å². The lowest BCUT2D eigenvalue weighted by Gasteiger charge is -2.22. The van der Waals surface area contributed by atoms with E-state index in [-0.39, 0.29) is 19.0 Å². The first-order valence-electron chi connectivity index (χ1n) is 5.34. The van der Waals surface area contributed by atoms with Gasteiger partial charge in [-0.15, -0.1) is 12.4 Å². The van der Waals surface area contributed by atoms with E-state index >= 15 is 0 Å². The van der Waals surface area contributed by atoms with E-state index in [9.17, 15) is 22.9 Å². The van der Waals surface area contributed by atoms with Crippen LogP contribution in [0.5, 0.6) is 0 Å². The van der Waals surface area contributed by atoms with Crippen LogP contribution in [0.2, 0.25) is 0 Å². The average Bonchev–Trinajstić information content (AvgIpc) is 2.36. The maximum absolute atomic E-state index is 13.7. The van der Waals surface area contributed by atoms with Gasteiger partial charge in [0, 0.05) is 25.7 Å². The third kappa shape index (κ3) is 3.42. The molecule has 7 nitrogen and oxygen atoms in total. The minimum absolute atomic E-state index is 0. The van der Waals surface area contributed by atoms with Gasteiger partial charge < -0.3 is 5.73 Å². The molecule has 1 unspecified atom stereocenters. The summed E-state index contributed by atoms with van der Waals surface area (Å²) in [6.07, 6.45) is 0. The van der Waals surface area contributed by atoms with E-state index in [4.69, 9.17) is 5.73 Å². The summed E-state index contributed by atoms with van der Waals surface area (Å²) in [7, 11) is -3.12. The summed E-state index contributed by atoms with van der Waals surface area (Å²) >= 11 is 0. The molecule has 0 saturated heterocycles. The molecule has 1 rings (SSSR count). The van der Waals surface area contributed by atoms with Crippen LogP contribution in [0.1, 0.15) is 6.92 Å². The molecule has 1 atom stereocenters. The van der Waals surface area contributed by atoms with Crippen LogP contribution >= 0.6 is 12.4 Å². The number of hydrogen-bond donors (Lipinski definition) is 1. The molecule has 0 radical (unpaired) electrons. The molecule has 1 aromatic rings. The van der Waals surface area contributed by atoms with Crippen molar-refractivity contribution in [3.8, 4) is 0 Å². The molecular weight excluding hydrogens is 313 g/mol. The zero-order valence-corrected chi connectivity index (χ0v) is 12.4. The summed E-state index contributed by atoms with van der Waals surface area (Å²) in [5, 5.41) is 10.8. The first kappa shape index (κ1) is 18.7. The molecule has 0 aliphatic rings. The highest BCUT2D eigenvalue weighted by atomic mass is 35.5. The number of sulfonamides is 1. The highest BCUT2D eigenvalue weighted by molar-refractivity contribution is 7.89. The van der Waals surface area contributed by atoms with Gasteiger partial charge in [0.2, 0.25) is 0 Å². The molecule has 0 saturated carbocycles. The van der Waals surface area contributed by atoms with Crippen LogP contribution < -0.4 is 5.73 Å². The number of benzene rings is 1. The highest BCUT2D eigenvalue weighted by Gasteiger charge is 2.34. The maximum Gasteiger partial charge on any atom is 0.292 e. The predicted octanol–water partition coefficient (Wildman–Crippen LogP) is 1.12. The zero-order valence-electron chi connectivity index (χ0n) is 10.8. The molecule has 0 spiro atoms. The Bertz CT molecular complexity index is 596. The fraction of sp³-hybridized carbons (Fsp3) is 0.400. The van der Waals surface area contributed by atoms with Crippen LogP contribution in [-0.2, 0) is 10.0 Å². The lowest BCUT2D eigenvalue weighted by atomic mass is 10.3. The molecule has 0 bridgehead atoms. The first-order valence-corrected chi connectivity index (χ1v) is 6.78. The van der Waals surface area contributed by atoms with Crippen LogP contribution in [0.4, 0.5) is 10.1 Å². The molecule has 1 aromatic carbocycles. The van der Waals surface area contributed by atoms with Gasteiger partial charge in [0.05, 0.1) is 4.92 Å². The van der Waals surface area contributed by atoms with E-state index in [0.717, 1.165) is 22.5 Å². The molecule has 114 valence electrons. The van der Waals surface area contributed by atoms with Crippen molar-refractivity contribution in [1.82, 2.24) is 4.31 Å². The summed E-state index contributed by atoms with van der Waals surface area (Å²) in [6, 6.07) is 2.28. The summed E-state index contributed by atoms with van der Waals surface area (Å²) in [6.45, 7) is 1.53. The van der Waals surface area contributed by atoms with Gasteiger partial charge in [-0.3, -0.25) is 10.1 Å². The summed E-state index contributed by atoms with van der Waals surface area (Å²) in [5.74, 6) is -1.16. The van der Waals surface area contributed by atoms with Gasteiger partial charge in [-0.1, -0.05) is 6.07 Å². The first-order chi connectivity index (χ1) is 8.73. The number of nitrogens with zero attached hydrogens (tertiary/aromatic N) is 2. The van der Waals surface area contributed by atoms with Crippen molar-refractivity contribution in [2.24, 2.45) is 5.73 Å². The number of rotatable bonds is 5. The van der Waals surface area contributed by atoms with Crippen molar-refractivity contribution in [3.63, 3.8) is 0 Å². The lowest BCUT2D eigenvalue weighted by molar-refractivity contribution is -0.388. The van der Waals surface area contributed by atoms with E-state index in [1.807, 2.05) is 0 Å². The number of nitro groups is 1. The second-order valence-corrected chi connectivity index (χ2v) is 5.89. The van der Waals surface area contributed by atoms with Crippen LogP contribution in [0.25, 0.3) is 0 Å². The molecule has 2 N–H and O–H groups in total. The Hall–Kier alpha value is -1.29. The average molecular weight is 328 g/mol. The maximum atomic E-state index is 13.7. The Morgan fingerprint density at radius 2 is 2.05 bits per heavy atom. The quantitative estimate of drug-likeness (QED) is 0.644. The van der Waals surface area contributed by atoms with Crippen LogP contribution in [0.3, 0.4) is 0 Å². The Morgan fingerprint density at radius 1 is 1.50 bits per heavy atom. The van der Waals surface area contributed by atoms with Gasteiger partial charge in [-0.2, -0.15) is 4.31 Å². The van der Waals surface area contributed by atoms with E-state index in [2.05, 4.69) is 0 Å². The molecular formula is C10H15ClFN3O4S. The zero-order chi connectivity index (χ0) is 14.8. The Morgan fingerprint density at radius 3 is 2.50 bits per heavy atom. The van der Waals surface area contributed by atoms with Crippen molar-refractivity contribution in [2.45, 2.75) is 17.9 Å². The van der Waals surface area contributed by atoms with Crippen molar-refractivity contribution in [1.29, 1.82) is 0 Å². The van der Waals surface area contributed by atoms with Crippen molar-refractivity contribution < 1.29 is 17.7 Å². The number of hydrogen-bond acceptors (Lipinski definition) is 5. The largest absolute Gasteiger partial charge is 0.329 e. The van der Waals surface area contributed by atoms with E-state index in [0.29, 0.717) is 0 Å². The Labute approximate surface area is 122 Å². The molecule has 0 fully saturated rings. The molecule has 0 aliphatic heterocycles. The van der Waals surface area contributed by atoms with Crippen LogP contribution in [0, 0.1) is 15.9 Å². The lowest BCUT2D eigenvalue weighted by Crippen LogP contribution is -2.40. The normalized spacial score (nSPS) is 12.8. The molecule has 0 aliphatic carbocycles. The van der Waals surface area contributed by atoms with E-state index < -0.39 is 37.4 Å². The molecule has 0 heterocycles. The Balaban J connectivity index is 0.00000361. The molecule has 0 amide bonds. The number of nitro benzene ring substituents is 1. The SMILES string of the molecule is CC(CN)N(C)S(=O)(=O)c1c(F)cccc1[N+](=O)[O-].Cl. The van der Waals surface area contributed by atoms with Crippen LogP contribution in [0.15, 0.2) is 23.1 Å². The fourth-order valence-electron chi connectivity index (χ4n) is 1.43. The third-order valence-electron chi connectivity index (χ3n) is 2.74. The van der Waals surface area contributed by atoms with Crippen molar-refractivity contribution in [2.75, 3.05) is 13.6 Å². The highest BCUT2D eigenvalue weighted by Crippen LogP contribution is 2.29. The van der Waals surface area contributed by atoms with Crippen molar-refractivity contribution >= 4 is 28.1 Å². The smallest absolute Gasteiger partial charge is 0.292 e. The van der Waals surface area contributed by atoms with E-state index in [1.165, 1.54) is 14.0 Å². The van der Waals surface area contributed by atoms with Gasteiger partial charge in [0.25, 0.3) is 15.7 Å². The van der Waals surface area contributed by atoms with Crippen molar-refractivity contribution in [3.05, 3.63) is 34.1 Å². The van der Waals surface area contributed by atoms with Gasteiger partial charge in [-0.25, -0.2) is 12.8 Å². The molecule has 20 heavy (non-hydrogen) atoms. The Kier molecular flexibility index (Phi) is 6.48. The van der Waals surface area contributed by atoms with Gasteiger partial charge in [-0.05, 0) is 13.0 Å². The monoisotopic (exact) mass is 327 g/mol. The standard InChI is InChI=1S/C10H14FN3O4S.ClH/c1-7(6-12)13(2)19(17,18)10-8(11)4-3-5-9(10)14(15)16;/h3-5,7H,6,12H2,1-2H3;1H. The second kappa shape index (κ2) is 6.93. The topological polar surface area (TPSA) is 107 Å². The molecule has 0 aromatic heterocycles. The third-order valence-corrected chi connectivity index (χ3v) is 4.78. The minimum atomic E-state index is -4.32. The predicted molar refractivity (Wildman–Crippen MR) is 73.8 cm³/mol. The summed E-state index contributed by atoms with van der Waals surface area (Å²) < 4.78 is 38.9. The van der Waals surface area contributed by atoms with Gasteiger partial charge in [0.1, 0.15) is 5.82 Å². The van der Waals surface area contributed by atoms with Gasteiger partial charge in [0.15, 0.2) is 4.90 Å². The number of nitrogens with two attached hydrogens (primary N) is 1. The van der Waals surface area contributed by atoms with Crippen LogP contribution in [-0.4, -0.2) is 37.3 Å². The molecule has 10 heteroatoms. The summed E-state index contributed by atoms with van der Waals surface area (Å²) in [5.41, 5.74) is 4.55. The summed E-state index contributed by atoms with van der Waals surface area (Å²) in [4.78, 5) is 8.94. The second-order valence-electron chi connectivity index (χ2n) is 3.95. The van der Waals surface area contributed by atoms with E-state index in [1.54, 1.807) is 0 Å². The fourth-order valence-corrected chi connectivity index (χ4v) is 3.00. The number of halogens is 2. The number of likely N-dealkylation sites (N-methyl/N-ethyl adjacent to an activating group) is 1. The minimum Gasteiger partial charge on any atom is -0.329 e.